The topological polar surface area (TPSA) is 29.3 Å². The molecule has 3 rings (SSSR count). The molecule has 0 saturated heterocycles. The van der Waals surface area contributed by atoms with Crippen molar-refractivity contribution in [1.29, 1.82) is 0 Å². The Balaban J connectivity index is 0.00000192. The smallest absolute Gasteiger partial charge is 0.0338 e. The van der Waals surface area contributed by atoms with Gasteiger partial charge in [0, 0.05) is 25.2 Å². The highest BCUT2D eigenvalue weighted by atomic mass is 35.5. The van der Waals surface area contributed by atoms with E-state index in [4.69, 9.17) is 5.73 Å². The quantitative estimate of drug-likeness (QED) is 0.851. The summed E-state index contributed by atoms with van der Waals surface area (Å²) in [5.74, 6) is 0. The summed E-state index contributed by atoms with van der Waals surface area (Å²) in [4.78, 5) is 2.62. The summed E-state index contributed by atoms with van der Waals surface area (Å²) in [6.07, 6.45) is 5.06. The minimum atomic E-state index is 0. The third-order valence-corrected chi connectivity index (χ3v) is 5.02. The second-order valence-electron chi connectivity index (χ2n) is 6.46. The Morgan fingerprint density at radius 2 is 1.22 bits per heavy atom. The molecule has 0 spiro atoms. The average molecular weight is 331 g/mol. The van der Waals surface area contributed by atoms with Crippen LogP contribution in [0.3, 0.4) is 0 Å². The van der Waals surface area contributed by atoms with Crippen LogP contribution in [0.2, 0.25) is 0 Å². The Kier molecular flexibility index (Phi) is 6.64. The predicted molar refractivity (Wildman–Crippen MR) is 99.6 cm³/mol. The molecule has 0 unspecified atom stereocenters. The molecule has 124 valence electrons. The number of benzene rings is 2. The van der Waals surface area contributed by atoms with Crippen LogP contribution in [0.4, 0.5) is 0 Å². The summed E-state index contributed by atoms with van der Waals surface area (Å²) < 4.78 is 0. The molecule has 2 nitrogen and oxygen atoms in total. The zero-order valence-electron chi connectivity index (χ0n) is 13.7. The van der Waals surface area contributed by atoms with Crippen molar-refractivity contribution in [2.45, 2.75) is 44.3 Å². The number of nitrogens with zero attached hydrogens (tertiary/aromatic N) is 1. The van der Waals surface area contributed by atoms with Crippen LogP contribution in [0.1, 0.15) is 36.8 Å². The summed E-state index contributed by atoms with van der Waals surface area (Å²) in [7, 11) is 0. The van der Waals surface area contributed by atoms with E-state index in [1.807, 2.05) is 0 Å². The van der Waals surface area contributed by atoms with Crippen LogP contribution in [0, 0.1) is 0 Å². The normalized spacial score (nSPS) is 16.3. The van der Waals surface area contributed by atoms with Crippen molar-refractivity contribution in [2.75, 3.05) is 6.54 Å². The maximum Gasteiger partial charge on any atom is 0.0338 e. The number of halogens is 1. The van der Waals surface area contributed by atoms with Crippen LogP contribution in [-0.2, 0) is 13.1 Å². The number of nitrogens with two attached hydrogens (primary N) is 1. The molecule has 0 atom stereocenters. The molecular formula is C20H27ClN2. The third-order valence-electron chi connectivity index (χ3n) is 5.02. The van der Waals surface area contributed by atoms with Crippen molar-refractivity contribution in [3.05, 3.63) is 71.8 Å². The number of rotatable bonds is 6. The van der Waals surface area contributed by atoms with Crippen LogP contribution in [-0.4, -0.2) is 17.0 Å². The van der Waals surface area contributed by atoms with Gasteiger partial charge in [0.05, 0.1) is 0 Å². The van der Waals surface area contributed by atoms with Crippen LogP contribution in [0.15, 0.2) is 60.7 Å². The summed E-state index contributed by atoms with van der Waals surface area (Å²) >= 11 is 0. The molecule has 23 heavy (non-hydrogen) atoms. The monoisotopic (exact) mass is 330 g/mol. The average Bonchev–Trinajstić information content (AvgIpc) is 3.06. The van der Waals surface area contributed by atoms with Crippen LogP contribution >= 0.6 is 12.4 Å². The molecule has 0 aromatic heterocycles. The van der Waals surface area contributed by atoms with Crippen molar-refractivity contribution >= 4 is 12.4 Å². The first-order chi connectivity index (χ1) is 10.8. The molecule has 2 aromatic carbocycles. The van der Waals surface area contributed by atoms with E-state index in [9.17, 15) is 0 Å². The second-order valence-corrected chi connectivity index (χ2v) is 6.46. The van der Waals surface area contributed by atoms with Crippen molar-refractivity contribution in [2.24, 2.45) is 5.73 Å². The van der Waals surface area contributed by atoms with Gasteiger partial charge in [0.2, 0.25) is 0 Å². The summed E-state index contributed by atoms with van der Waals surface area (Å²) in [6.45, 7) is 2.71. The van der Waals surface area contributed by atoms with E-state index < -0.39 is 0 Å². The Morgan fingerprint density at radius 3 is 1.61 bits per heavy atom. The lowest BCUT2D eigenvalue weighted by Gasteiger charge is -2.41. The van der Waals surface area contributed by atoms with Gasteiger partial charge in [0.1, 0.15) is 0 Å². The first-order valence-corrected chi connectivity index (χ1v) is 8.35. The van der Waals surface area contributed by atoms with E-state index in [0.29, 0.717) is 0 Å². The van der Waals surface area contributed by atoms with Gasteiger partial charge in [-0.3, -0.25) is 4.90 Å². The highest BCUT2D eigenvalue weighted by Gasteiger charge is 2.38. The Labute approximate surface area is 146 Å². The van der Waals surface area contributed by atoms with Gasteiger partial charge in [-0.15, -0.1) is 12.4 Å². The lowest BCUT2D eigenvalue weighted by molar-refractivity contribution is 0.0818. The zero-order valence-corrected chi connectivity index (χ0v) is 14.5. The van der Waals surface area contributed by atoms with E-state index in [1.54, 1.807) is 0 Å². The van der Waals surface area contributed by atoms with E-state index in [1.165, 1.54) is 36.8 Å². The molecule has 0 radical (unpaired) electrons. The fourth-order valence-corrected chi connectivity index (χ4v) is 3.68. The highest BCUT2D eigenvalue weighted by molar-refractivity contribution is 5.85. The Morgan fingerprint density at radius 1 is 0.783 bits per heavy atom. The molecule has 2 aromatic rings. The fraction of sp³-hybridized carbons (Fsp3) is 0.400. The fourth-order valence-electron chi connectivity index (χ4n) is 3.68. The van der Waals surface area contributed by atoms with Gasteiger partial charge in [-0.05, 0) is 24.0 Å². The molecule has 0 aliphatic heterocycles. The van der Waals surface area contributed by atoms with E-state index >= 15 is 0 Å². The number of hydrogen-bond donors (Lipinski definition) is 1. The maximum absolute atomic E-state index is 6.24. The van der Waals surface area contributed by atoms with E-state index in [2.05, 4.69) is 65.6 Å². The van der Waals surface area contributed by atoms with Gasteiger partial charge < -0.3 is 5.73 Å². The van der Waals surface area contributed by atoms with Crippen molar-refractivity contribution < 1.29 is 0 Å². The van der Waals surface area contributed by atoms with E-state index in [0.717, 1.165) is 19.6 Å². The minimum absolute atomic E-state index is 0. The Hall–Kier alpha value is -1.35. The maximum atomic E-state index is 6.24. The van der Waals surface area contributed by atoms with Gasteiger partial charge in [-0.25, -0.2) is 0 Å². The molecule has 1 aliphatic rings. The van der Waals surface area contributed by atoms with Crippen molar-refractivity contribution in [3.63, 3.8) is 0 Å². The molecule has 0 amide bonds. The molecule has 1 aliphatic carbocycles. The Bertz CT molecular complexity index is 523. The van der Waals surface area contributed by atoms with E-state index in [-0.39, 0.29) is 17.9 Å². The second kappa shape index (κ2) is 8.49. The predicted octanol–water partition coefficient (Wildman–Crippen LogP) is 4.38. The summed E-state index contributed by atoms with van der Waals surface area (Å²) in [6, 6.07) is 21.5. The summed E-state index contributed by atoms with van der Waals surface area (Å²) in [5, 5.41) is 0. The van der Waals surface area contributed by atoms with Crippen molar-refractivity contribution in [1.82, 2.24) is 4.90 Å². The van der Waals surface area contributed by atoms with Gasteiger partial charge in [-0.2, -0.15) is 0 Å². The SMILES string of the molecule is Cl.NCC1(N(Cc2ccccc2)Cc2ccccc2)CCCC1. The van der Waals surface area contributed by atoms with Crippen LogP contribution in [0.5, 0.6) is 0 Å². The first-order valence-electron chi connectivity index (χ1n) is 8.35. The molecule has 0 heterocycles. The van der Waals surface area contributed by atoms with Gasteiger partial charge >= 0.3 is 0 Å². The molecule has 3 heteroatoms. The largest absolute Gasteiger partial charge is 0.329 e. The number of hydrogen-bond acceptors (Lipinski definition) is 2. The molecular weight excluding hydrogens is 304 g/mol. The lowest BCUT2D eigenvalue weighted by atomic mass is 9.93. The van der Waals surface area contributed by atoms with Gasteiger partial charge in [0.25, 0.3) is 0 Å². The summed E-state index contributed by atoms with van der Waals surface area (Å²) in [5.41, 5.74) is 9.15. The molecule has 0 bridgehead atoms. The lowest BCUT2D eigenvalue weighted by Crippen LogP contribution is -2.51. The van der Waals surface area contributed by atoms with Gasteiger partial charge in [0.15, 0.2) is 0 Å². The van der Waals surface area contributed by atoms with Gasteiger partial charge in [-0.1, -0.05) is 73.5 Å². The zero-order chi connectivity index (χ0) is 15.3. The molecule has 2 N–H and O–H groups in total. The minimum Gasteiger partial charge on any atom is -0.329 e. The van der Waals surface area contributed by atoms with Crippen molar-refractivity contribution in [3.8, 4) is 0 Å². The third kappa shape index (κ3) is 4.35. The standard InChI is InChI=1S/C20H26N2.ClH/c21-17-20(13-7-8-14-20)22(15-18-9-3-1-4-10-18)16-19-11-5-2-6-12-19;/h1-6,9-12H,7-8,13-17,21H2;1H. The van der Waals surface area contributed by atoms with Crippen LogP contribution in [0.25, 0.3) is 0 Å². The molecule has 1 fully saturated rings. The van der Waals surface area contributed by atoms with Crippen LogP contribution < -0.4 is 5.73 Å². The first kappa shape index (κ1) is 18.0. The highest BCUT2D eigenvalue weighted by Crippen LogP contribution is 2.36. The molecule has 1 saturated carbocycles.